The van der Waals surface area contributed by atoms with Crippen LogP contribution in [0.3, 0.4) is 0 Å². The van der Waals surface area contributed by atoms with Crippen molar-refractivity contribution in [2.24, 2.45) is 5.41 Å². The molecule has 0 aromatic carbocycles. The first-order valence-corrected chi connectivity index (χ1v) is 7.10. The Labute approximate surface area is 122 Å². The summed E-state index contributed by atoms with van der Waals surface area (Å²) in [6, 6.07) is 0.348. The zero-order valence-electron chi connectivity index (χ0n) is 12.4. The lowest BCUT2D eigenvalue weighted by molar-refractivity contribution is -0.164. The number of rotatable bonds is 4. The fraction of sp³-hybridized carbons (Fsp3) is 0.929. The summed E-state index contributed by atoms with van der Waals surface area (Å²) in [5, 5.41) is 3.28. The number of nitrogens with zero attached hydrogens (tertiary/aromatic N) is 1. The van der Waals surface area contributed by atoms with Crippen molar-refractivity contribution in [2.45, 2.75) is 58.2 Å². The molecule has 112 valence electrons. The van der Waals surface area contributed by atoms with Crippen LogP contribution in [0.25, 0.3) is 0 Å². The van der Waals surface area contributed by atoms with Crippen LogP contribution in [0.1, 0.15) is 40.0 Å². The molecule has 1 aliphatic carbocycles. The van der Waals surface area contributed by atoms with Gasteiger partial charge in [0.1, 0.15) is 0 Å². The lowest BCUT2D eigenvalue weighted by Crippen LogP contribution is -2.63. The van der Waals surface area contributed by atoms with Crippen molar-refractivity contribution in [3.63, 3.8) is 0 Å². The number of hydrogen-bond acceptors (Lipinski definition) is 3. The first-order chi connectivity index (χ1) is 8.48. The molecule has 1 saturated heterocycles. The van der Waals surface area contributed by atoms with Crippen LogP contribution in [0.15, 0.2) is 0 Å². The minimum Gasteiger partial charge on any atom is -0.378 e. The number of ether oxygens (including phenoxy) is 1. The molecule has 2 fully saturated rings. The Bertz CT molecular complexity index is 317. The Morgan fingerprint density at radius 1 is 1.47 bits per heavy atom. The molecular weight excluding hydrogens is 264 g/mol. The highest BCUT2D eigenvalue weighted by atomic mass is 35.5. The molecule has 1 saturated carbocycles. The van der Waals surface area contributed by atoms with Gasteiger partial charge < -0.3 is 15.0 Å². The van der Waals surface area contributed by atoms with E-state index in [9.17, 15) is 4.79 Å². The molecule has 4 nitrogen and oxygen atoms in total. The fourth-order valence-corrected chi connectivity index (χ4v) is 3.30. The molecule has 5 heteroatoms. The van der Waals surface area contributed by atoms with Crippen molar-refractivity contribution in [2.75, 3.05) is 20.2 Å². The van der Waals surface area contributed by atoms with Crippen molar-refractivity contribution in [3.05, 3.63) is 0 Å². The third-order valence-electron chi connectivity index (χ3n) is 4.67. The SMILES string of the molecule is CCOC1CC(N(C)C(=O)C2CCCN2)C1(C)C.Cl. The van der Waals surface area contributed by atoms with Gasteiger partial charge in [-0.15, -0.1) is 12.4 Å². The molecule has 0 spiro atoms. The first kappa shape index (κ1) is 16.7. The van der Waals surface area contributed by atoms with Crippen molar-refractivity contribution < 1.29 is 9.53 Å². The van der Waals surface area contributed by atoms with Crippen molar-refractivity contribution >= 4 is 18.3 Å². The second kappa shape index (κ2) is 6.42. The minimum atomic E-state index is 0. The van der Waals surface area contributed by atoms with Crippen molar-refractivity contribution in [1.29, 1.82) is 0 Å². The number of carbonyl (C=O) groups is 1. The van der Waals surface area contributed by atoms with Gasteiger partial charge in [0.15, 0.2) is 0 Å². The van der Waals surface area contributed by atoms with Crippen LogP contribution in [0.4, 0.5) is 0 Å². The van der Waals surface area contributed by atoms with Gasteiger partial charge in [0.2, 0.25) is 5.91 Å². The van der Waals surface area contributed by atoms with E-state index in [4.69, 9.17) is 4.74 Å². The highest BCUT2D eigenvalue weighted by molar-refractivity contribution is 5.85. The van der Waals surface area contributed by atoms with Gasteiger partial charge in [0.25, 0.3) is 0 Å². The summed E-state index contributed by atoms with van der Waals surface area (Å²) >= 11 is 0. The second-order valence-electron chi connectivity index (χ2n) is 6.11. The van der Waals surface area contributed by atoms with E-state index in [1.165, 1.54) is 0 Å². The number of carbonyl (C=O) groups excluding carboxylic acids is 1. The average molecular weight is 291 g/mol. The van der Waals surface area contributed by atoms with E-state index in [-0.39, 0.29) is 29.8 Å². The summed E-state index contributed by atoms with van der Waals surface area (Å²) in [5.41, 5.74) is 0.0685. The normalized spacial score (nSPS) is 32.3. The largest absolute Gasteiger partial charge is 0.378 e. The van der Waals surface area contributed by atoms with Crippen LogP contribution in [0.5, 0.6) is 0 Å². The van der Waals surface area contributed by atoms with Crippen molar-refractivity contribution in [3.8, 4) is 0 Å². The highest BCUT2D eigenvalue weighted by Gasteiger charge is 2.52. The predicted molar refractivity (Wildman–Crippen MR) is 78.6 cm³/mol. The molecule has 2 rings (SSSR count). The lowest BCUT2D eigenvalue weighted by Gasteiger charge is -2.55. The Morgan fingerprint density at radius 3 is 2.63 bits per heavy atom. The fourth-order valence-electron chi connectivity index (χ4n) is 3.30. The molecule has 3 atom stereocenters. The Balaban J connectivity index is 0.00000180. The van der Waals surface area contributed by atoms with Crippen LogP contribution in [-0.2, 0) is 9.53 Å². The molecule has 1 aliphatic heterocycles. The van der Waals surface area contributed by atoms with E-state index >= 15 is 0 Å². The van der Waals surface area contributed by atoms with Gasteiger partial charge in [-0.2, -0.15) is 0 Å². The summed E-state index contributed by atoms with van der Waals surface area (Å²) in [5.74, 6) is 0.250. The van der Waals surface area contributed by atoms with Crippen LogP contribution in [0, 0.1) is 5.41 Å². The third kappa shape index (κ3) is 3.06. The van der Waals surface area contributed by atoms with Gasteiger partial charge in [-0.05, 0) is 32.7 Å². The molecule has 1 amide bonds. The molecule has 19 heavy (non-hydrogen) atoms. The van der Waals surface area contributed by atoms with E-state index in [1.807, 2.05) is 18.9 Å². The third-order valence-corrected chi connectivity index (χ3v) is 4.67. The quantitative estimate of drug-likeness (QED) is 0.859. The maximum absolute atomic E-state index is 12.4. The first-order valence-electron chi connectivity index (χ1n) is 7.10. The van der Waals surface area contributed by atoms with Crippen LogP contribution in [-0.4, -0.2) is 49.2 Å². The zero-order valence-corrected chi connectivity index (χ0v) is 13.3. The highest BCUT2D eigenvalue weighted by Crippen LogP contribution is 2.45. The standard InChI is InChI=1S/C14H26N2O2.ClH/c1-5-18-12-9-11(14(12,2)3)16(4)13(17)10-7-6-8-15-10;/h10-12,15H,5-9H2,1-4H3;1H. The van der Waals surface area contributed by atoms with Gasteiger partial charge >= 0.3 is 0 Å². The summed E-state index contributed by atoms with van der Waals surface area (Å²) in [6.45, 7) is 8.16. The van der Waals surface area contributed by atoms with E-state index < -0.39 is 0 Å². The zero-order chi connectivity index (χ0) is 13.3. The Hall–Kier alpha value is -0.320. The number of hydrogen-bond donors (Lipinski definition) is 1. The van der Waals surface area contributed by atoms with E-state index in [0.29, 0.717) is 12.1 Å². The number of amides is 1. The monoisotopic (exact) mass is 290 g/mol. The molecule has 3 unspecified atom stereocenters. The van der Waals surface area contributed by atoms with Gasteiger partial charge in [0.05, 0.1) is 12.1 Å². The number of nitrogens with one attached hydrogen (secondary N) is 1. The molecule has 0 radical (unpaired) electrons. The lowest BCUT2D eigenvalue weighted by atomic mass is 9.63. The van der Waals surface area contributed by atoms with Gasteiger partial charge in [-0.25, -0.2) is 0 Å². The molecule has 1 heterocycles. The molecule has 0 aromatic heterocycles. The molecule has 1 N–H and O–H groups in total. The van der Waals surface area contributed by atoms with E-state index in [0.717, 1.165) is 32.4 Å². The van der Waals surface area contributed by atoms with Crippen LogP contribution in [0.2, 0.25) is 0 Å². The topological polar surface area (TPSA) is 41.6 Å². The maximum Gasteiger partial charge on any atom is 0.239 e. The van der Waals surface area contributed by atoms with Gasteiger partial charge in [-0.3, -0.25) is 4.79 Å². The summed E-state index contributed by atoms with van der Waals surface area (Å²) in [4.78, 5) is 14.3. The van der Waals surface area contributed by atoms with E-state index in [2.05, 4.69) is 19.2 Å². The van der Waals surface area contributed by atoms with Gasteiger partial charge in [-0.1, -0.05) is 13.8 Å². The van der Waals surface area contributed by atoms with E-state index in [1.54, 1.807) is 0 Å². The Kier molecular flexibility index (Phi) is 5.65. The Morgan fingerprint density at radius 2 is 2.16 bits per heavy atom. The molecule has 0 bridgehead atoms. The maximum atomic E-state index is 12.4. The molecule has 0 aromatic rings. The predicted octanol–water partition coefficient (Wildman–Crippen LogP) is 1.82. The van der Waals surface area contributed by atoms with Crippen LogP contribution >= 0.6 is 12.4 Å². The smallest absolute Gasteiger partial charge is 0.239 e. The molecular formula is C14H27ClN2O2. The minimum absolute atomic E-state index is 0. The number of likely N-dealkylation sites (N-methyl/N-ethyl adjacent to an activating group) is 1. The second-order valence-corrected chi connectivity index (χ2v) is 6.11. The van der Waals surface area contributed by atoms with Crippen molar-refractivity contribution in [1.82, 2.24) is 10.2 Å². The van der Waals surface area contributed by atoms with Crippen LogP contribution < -0.4 is 5.32 Å². The summed E-state index contributed by atoms with van der Waals surface area (Å²) < 4.78 is 5.73. The van der Waals surface area contributed by atoms with Gasteiger partial charge in [0, 0.05) is 25.1 Å². The average Bonchev–Trinajstić information content (AvgIpc) is 2.86. The molecule has 2 aliphatic rings. The number of halogens is 1. The summed E-state index contributed by atoms with van der Waals surface area (Å²) in [6.07, 6.45) is 3.35. The summed E-state index contributed by atoms with van der Waals surface area (Å²) in [7, 11) is 1.94.